The van der Waals surface area contributed by atoms with Crippen molar-refractivity contribution in [1.29, 1.82) is 0 Å². The number of fused-ring (bicyclic) bond motifs is 7. The van der Waals surface area contributed by atoms with Gasteiger partial charge in [-0.2, -0.15) is 0 Å². The lowest BCUT2D eigenvalue weighted by atomic mass is 9.82. The summed E-state index contributed by atoms with van der Waals surface area (Å²) >= 11 is 0. The first-order valence-electron chi connectivity index (χ1n) is 8.44. The molecule has 0 unspecified atom stereocenters. The van der Waals surface area contributed by atoms with Crippen molar-refractivity contribution in [2.75, 3.05) is 0 Å². The summed E-state index contributed by atoms with van der Waals surface area (Å²) in [7, 11) is 0. The zero-order valence-corrected chi connectivity index (χ0v) is 13.9. The van der Waals surface area contributed by atoms with E-state index in [-0.39, 0.29) is 5.41 Å². The fourth-order valence-electron chi connectivity index (χ4n) is 4.67. The van der Waals surface area contributed by atoms with Gasteiger partial charge in [0, 0.05) is 5.41 Å². The van der Waals surface area contributed by atoms with Crippen LogP contribution < -0.4 is 0 Å². The summed E-state index contributed by atoms with van der Waals surface area (Å²) in [6.45, 7) is 6.96. The fourth-order valence-corrected chi connectivity index (χ4v) is 4.67. The molecule has 2 aliphatic rings. The highest BCUT2D eigenvalue weighted by Gasteiger charge is 2.38. The predicted molar refractivity (Wildman–Crippen MR) is 97.0 cm³/mol. The molecular formula is C23H20. The Morgan fingerprint density at radius 1 is 0.696 bits per heavy atom. The van der Waals surface area contributed by atoms with Gasteiger partial charge in [0.2, 0.25) is 0 Å². The van der Waals surface area contributed by atoms with Crippen LogP contribution in [0.5, 0.6) is 0 Å². The average Bonchev–Trinajstić information content (AvgIpc) is 3.04. The first kappa shape index (κ1) is 13.1. The molecule has 3 aromatic rings. The molecule has 0 radical (unpaired) electrons. The first-order chi connectivity index (χ1) is 11.1. The van der Waals surface area contributed by atoms with E-state index in [1.54, 1.807) is 0 Å². The lowest BCUT2D eigenvalue weighted by molar-refractivity contribution is 0.660. The summed E-state index contributed by atoms with van der Waals surface area (Å²) < 4.78 is 0. The molecule has 0 aromatic heterocycles. The Balaban J connectivity index is 1.87. The van der Waals surface area contributed by atoms with E-state index in [0.717, 1.165) is 6.42 Å². The van der Waals surface area contributed by atoms with E-state index in [0.29, 0.717) is 0 Å². The molecule has 0 amide bonds. The van der Waals surface area contributed by atoms with Crippen molar-refractivity contribution in [2.45, 2.75) is 32.6 Å². The third-order valence-electron chi connectivity index (χ3n) is 5.91. The van der Waals surface area contributed by atoms with Crippen LogP contribution in [0.2, 0.25) is 0 Å². The standard InChI is InChI=1S/C23H20/c1-14-7-6-9-15-16-11-12-21-22(19(16)13-18(14)15)17-8-4-5-10-20(17)23(21,2)3/h4-12H,13H2,1-3H3. The Morgan fingerprint density at radius 2 is 1.43 bits per heavy atom. The number of hydrogen-bond acceptors (Lipinski definition) is 0. The minimum Gasteiger partial charge on any atom is -0.0619 e. The molecule has 0 spiro atoms. The van der Waals surface area contributed by atoms with Gasteiger partial charge in [-0.25, -0.2) is 0 Å². The Kier molecular flexibility index (Phi) is 2.36. The van der Waals surface area contributed by atoms with Gasteiger partial charge in [0.15, 0.2) is 0 Å². The van der Waals surface area contributed by atoms with Crippen molar-refractivity contribution in [1.82, 2.24) is 0 Å². The van der Waals surface area contributed by atoms with Crippen LogP contribution in [0, 0.1) is 6.92 Å². The van der Waals surface area contributed by atoms with E-state index in [1.165, 1.54) is 50.1 Å². The zero-order chi connectivity index (χ0) is 15.8. The summed E-state index contributed by atoms with van der Waals surface area (Å²) in [5.74, 6) is 0. The van der Waals surface area contributed by atoms with E-state index in [2.05, 4.69) is 75.4 Å². The van der Waals surface area contributed by atoms with Gasteiger partial charge in [0.1, 0.15) is 0 Å². The van der Waals surface area contributed by atoms with Crippen LogP contribution >= 0.6 is 0 Å². The highest BCUT2D eigenvalue weighted by Crippen LogP contribution is 2.54. The van der Waals surface area contributed by atoms with Gasteiger partial charge in [-0.15, -0.1) is 0 Å². The van der Waals surface area contributed by atoms with E-state index >= 15 is 0 Å². The number of hydrogen-bond donors (Lipinski definition) is 0. The monoisotopic (exact) mass is 296 g/mol. The van der Waals surface area contributed by atoms with Crippen LogP contribution in [0.1, 0.15) is 41.7 Å². The van der Waals surface area contributed by atoms with Crippen molar-refractivity contribution < 1.29 is 0 Å². The van der Waals surface area contributed by atoms with Crippen LogP contribution in [0.4, 0.5) is 0 Å². The average molecular weight is 296 g/mol. The molecule has 0 heterocycles. The van der Waals surface area contributed by atoms with Crippen LogP contribution in [0.15, 0.2) is 54.6 Å². The molecule has 5 rings (SSSR count). The van der Waals surface area contributed by atoms with E-state index < -0.39 is 0 Å². The largest absolute Gasteiger partial charge is 0.0619 e. The van der Waals surface area contributed by atoms with Crippen LogP contribution in [-0.4, -0.2) is 0 Å². The normalized spacial score (nSPS) is 15.8. The summed E-state index contributed by atoms with van der Waals surface area (Å²) in [4.78, 5) is 0. The van der Waals surface area contributed by atoms with Gasteiger partial charge in [0.05, 0.1) is 0 Å². The molecule has 112 valence electrons. The van der Waals surface area contributed by atoms with Gasteiger partial charge in [-0.1, -0.05) is 68.4 Å². The maximum absolute atomic E-state index is 2.37. The molecule has 0 atom stereocenters. The molecule has 0 nitrogen and oxygen atoms in total. The number of aryl methyl sites for hydroxylation is 1. The number of benzene rings is 3. The third kappa shape index (κ3) is 1.51. The van der Waals surface area contributed by atoms with Crippen LogP contribution in [-0.2, 0) is 11.8 Å². The molecule has 0 fully saturated rings. The molecule has 0 N–H and O–H groups in total. The second-order valence-corrected chi connectivity index (χ2v) is 7.46. The zero-order valence-electron chi connectivity index (χ0n) is 13.9. The van der Waals surface area contributed by atoms with Crippen molar-refractivity contribution in [2.24, 2.45) is 0 Å². The summed E-state index contributed by atoms with van der Waals surface area (Å²) in [6.07, 6.45) is 1.07. The van der Waals surface area contributed by atoms with E-state index in [4.69, 9.17) is 0 Å². The van der Waals surface area contributed by atoms with Crippen molar-refractivity contribution in [3.05, 3.63) is 82.4 Å². The highest BCUT2D eigenvalue weighted by atomic mass is 14.4. The molecule has 0 saturated carbocycles. The molecule has 0 aliphatic heterocycles. The maximum Gasteiger partial charge on any atom is 0.0158 e. The van der Waals surface area contributed by atoms with Crippen molar-refractivity contribution in [3.8, 4) is 22.3 Å². The molecule has 3 aromatic carbocycles. The lowest BCUT2D eigenvalue weighted by Gasteiger charge is -2.21. The number of rotatable bonds is 0. The Labute approximate surface area is 137 Å². The smallest absolute Gasteiger partial charge is 0.0158 e. The van der Waals surface area contributed by atoms with Crippen molar-refractivity contribution >= 4 is 0 Å². The Hall–Kier alpha value is -2.34. The molecular weight excluding hydrogens is 276 g/mol. The topological polar surface area (TPSA) is 0 Å². The molecule has 2 aliphatic carbocycles. The van der Waals surface area contributed by atoms with Gasteiger partial charge in [-0.3, -0.25) is 0 Å². The second-order valence-electron chi connectivity index (χ2n) is 7.46. The van der Waals surface area contributed by atoms with E-state index in [1.807, 2.05) is 0 Å². The second kappa shape index (κ2) is 4.14. The Morgan fingerprint density at radius 3 is 2.30 bits per heavy atom. The third-order valence-corrected chi connectivity index (χ3v) is 5.91. The minimum absolute atomic E-state index is 0.102. The Bertz CT molecular complexity index is 973. The fraction of sp³-hybridized carbons (Fsp3) is 0.217. The van der Waals surface area contributed by atoms with Gasteiger partial charge >= 0.3 is 0 Å². The quantitative estimate of drug-likeness (QED) is 0.380. The van der Waals surface area contributed by atoms with E-state index in [9.17, 15) is 0 Å². The SMILES string of the molecule is Cc1cccc2c1Cc1c-2ccc2c1-c1ccccc1C2(C)C. The van der Waals surface area contributed by atoms with Gasteiger partial charge < -0.3 is 0 Å². The summed E-state index contributed by atoms with van der Waals surface area (Å²) in [5.41, 5.74) is 13.3. The molecule has 0 heteroatoms. The van der Waals surface area contributed by atoms with Gasteiger partial charge in [0.25, 0.3) is 0 Å². The predicted octanol–water partition coefficient (Wildman–Crippen LogP) is 5.87. The van der Waals surface area contributed by atoms with Crippen molar-refractivity contribution in [3.63, 3.8) is 0 Å². The lowest BCUT2D eigenvalue weighted by Crippen LogP contribution is -2.14. The minimum atomic E-state index is 0.102. The highest BCUT2D eigenvalue weighted by molar-refractivity contribution is 5.91. The molecule has 0 saturated heterocycles. The summed E-state index contributed by atoms with van der Waals surface area (Å²) in [5, 5.41) is 0. The first-order valence-corrected chi connectivity index (χ1v) is 8.44. The summed E-state index contributed by atoms with van der Waals surface area (Å²) in [6, 6.07) is 20.4. The molecule has 0 bridgehead atoms. The molecule has 23 heavy (non-hydrogen) atoms. The maximum atomic E-state index is 2.37. The van der Waals surface area contributed by atoms with Crippen LogP contribution in [0.3, 0.4) is 0 Å². The van der Waals surface area contributed by atoms with Crippen LogP contribution in [0.25, 0.3) is 22.3 Å². The van der Waals surface area contributed by atoms with Gasteiger partial charge in [-0.05, 0) is 63.4 Å².